The lowest BCUT2D eigenvalue weighted by Crippen LogP contribution is -1.97. The minimum absolute atomic E-state index is 0.679. The summed E-state index contributed by atoms with van der Waals surface area (Å²) in [6, 6.07) is 0. The Morgan fingerprint density at radius 1 is 1.15 bits per heavy atom. The van der Waals surface area contributed by atoms with Gasteiger partial charge in [0, 0.05) is 18.3 Å². The first-order valence-corrected chi connectivity index (χ1v) is 5.10. The Bertz CT molecular complexity index is 224. The van der Waals surface area contributed by atoms with Crippen LogP contribution in [0.2, 0.25) is 0 Å². The molecule has 0 saturated heterocycles. The van der Waals surface area contributed by atoms with Crippen molar-refractivity contribution < 1.29 is 0 Å². The Labute approximate surface area is 80.8 Å². The van der Waals surface area contributed by atoms with Crippen molar-refractivity contribution in [3.63, 3.8) is 0 Å². The van der Waals surface area contributed by atoms with Crippen LogP contribution in [-0.2, 0) is 12.8 Å². The normalized spacial score (nSPS) is 11.5. The summed E-state index contributed by atoms with van der Waals surface area (Å²) in [6.07, 6.45) is 4.13. The van der Waals surface area contributed by atoms with Gasteiger partial charge in [0.15, 0.2) is 0 Å². The summed E-state index contributed by atoms with van der Waals surface area (Å²) in [4.78, 5) is 7.72. The fourth-order valence-corrected chi connectivity index (χ4v) is 1.44. The van der Waals surface area contributed by atoms with Gasteiger partial charge in [-0.1, -0.05) is 27.7 Å². The minimum Gasteiger partial charge on any atom is -0.346 e. The summed E-state index contributed by atoms with van der Waals surface area (Å²) in [5.41, 5.74) is 1.27. The molecule has 0 bridgehead atoms. The van der Waals surface area contributed by atoms with E-state index in [4.69, 9.17) is 0 Å². The fourth-order valence-electron chi connectivity index (χ4n) is 1.44. The lowest BCUT2D eigenvalue weighted by molar-refractivity contribution is 0.616. The number of rotatable bonds is 4. The van der Waals surface area contributed by atoms with E-state index < -0.39 is 0 Å². The second kappa shape index (κ2) is 4.45. The zero-order valence-electron chi connectivity index (χ0n) is 9.09. The van der Waals surface area contributed by atoms with Crippen molar-refractivity contribution in [3.05, 3.63) is 17.7 Å². The number of imidazole rings is 1. The first-order chi connectivity index (χ1) is 6.08. The molecule has 74 valence electrons. The van der Waals surface area contributed by atoms with Crippen LogP contribution in [0.15, 0.2) is 6.20 Å². The van der Waals surface area contributed by atoms with E-state index in [9.17, 15) is 0 Å². The van der Waals surface area contributed by atoms with Crippen LogP contribution in [0.1, 0.15) is 39.2 Å². The molecule has 2 heteroatoms. The third-order valence-electron chi connectivity index (χ3n) is 1.91. The van der Waals surface area contributed by atoms with Crippen LogP contribution in [0.5, 0.6) is 0 Å². The molecule has 0 aromatic carbocycles. The van der Waals surface area contributed by atoms with Crippen molar-refractivity contribution in [2.45, 2.75) is 40.5 Å². The summed E-state index contributed by atoms with van der Waals surface area (Å²) in [6.45, 7) is 8.88. The van der Waals surface area contributed by atoms with Crippen molar-refractivity contribution in [1.82, 2.24) is 9.97 Å². The van der Waals surface area contributed by atoms with Crippen LogP contribution >= 0.6 is 0 Å². The summed E-state index contributed by atoms with van der Waals surface area (Å²) in [7, 11) is 0. The number of nitrogens with zero attached hydrogens (tertiary/aromatic N) is 1. The number of hydrogen-bond acceptors (Lipinski definition) is 1. The van der Waals surface area contributed by atoms with Gasteiger partial charge in [0.1, 0.15) is 5.82 Å². The van der Waals surface area contributed by atoms with Gasteiger partial charge in [0.2, 0.25) is 0 Å². The third kappa shape index (κ3) is 3.62. The Morgan fingerprint density at radius 3 is 2.31 bits per heavy atom. The molecule has 0 aliphatic heterocycles. The molecule has 0 aliphatic carbocycles. The average molecular weight is 180 g/mol. The van der Waals surface area contributed by atoms with Gasteiger partial charge in [-0.3, -0.25) is 0 Å². The molecule has 0 aliphatic rings. The monoisotopic (exact) mass is 180 g/mol. The zero-order valence-corrected chi connectivity index (χ0v) is 9.09. The molecule has 13 heavy (non-hydrogen) atoms. The van der Waals surface area contributed by atoms with Crippen LogP contribution in [0, 0.1) is 11.8 Å². The van der Waals surface area contributed by atoms with E-state index in [1.54, 1.807) is 0 Å². The van der Waals surface area contributed by atoms with Gasteiger partial charge in [-0.25, -0.2) is 4.98 Å². The molecule has 1 rings (SSSR count). The van der Waals surface area contributed by atoms with Crippen molar-refractivity contribution >= 4 is 0 Å². The number of aromatic amines is 1. The Morgan fingerprint density at radius 2 is 1.77 bits per heavy atom. The molecule has 0 amide bonds. The number of aromatic nitrogens is 2. The first-order valence-electron chi connectivity index (χ1n) is 5.10. The summed E-state index contributed by atoms with van der Waals surface area (Å²) in [5.74, 6) is 2.51. The van der Waals surface area contributed by atoms with Gasteiger partial charge in [-0.15, -0.1) is 0 Å². The van der Waals surface area contributed by atoms with Gasteiger partial charge in [-0.05, 0) is 18.3 Å². The minimum atomic E-state index is 0.679. The highest BCUT2D eigenvalue weighted by Gasteiger charge is 2.04. The van der Waals surface area contributed by atoms with Crippen LogP contribution in [0.3, 0.4) is 0 Å². The molecule has 0 spiro atoms. The van der Waals surface area contributed by atoms with Gasteiger partial charge < -0.3 is 4.98 Å². The molecule has 2 nitrogen and oxygen atoms in total. The lowest BCUT2D eigenvalue weighted by atomic mass is 10.1. The number of hydrogen-bond donors (Lipinski definition) is 1. The third-order valence-corrected chi connectivity index (χ3v) is 1.91. The van der Waals surface area contributed by atoms with E-state index in [2.05, 4.69) is 37.7 Å². The van der Waals surface area contributed by atoms with Crippen LogP contribution in [0.25, 0.3) is 0 Å². The van der Waals surface area contributed by atoms with E-state index in [1.807, 2.05) is 6.20 Å². The highest BCUT2D eigenvalue weighted by atomic mass is 14.9. The quantitative estimate of drug-likeness (QED) is 0.758. The molecule has 0 saturated carbocycles. The topological polar surface area (TPSA) is 28.7 Å². The van der Waals surface area contributed by atoms with Crippen molar-refractivity contribution in [2.75, 3.05) is 0 Å². The largest absolute Gasteiger partial charge is 0.346 e. The van der Waals surface area contributed by atoms with E-state index in [0.717, 1.165) is 18.7 Å². The van der Waals surface area contributed by atoms with Gasteiger partial charge in [0.05, 0.1) is 0 Å². The summed E-state index contributed by atoms with van der Waals surface area (Å²) < 4.78 is 0. The van der Waals surface area contributed by atoms with Gasteiger partial charge in [0.25, 0.3) is 0 Å². The standard InChI is InChI=1S/C11H20N2/c1-8(2)5-10-7-12-11(13-10)6-9(3)4/h7-9H,5-6H2,1-4H3,(H,12,13). The SMILES string of the molecule is CC(C)Cc1cnc(CC(C)C)[nH]1. The van der Waals surface area contributed by atoms with E-state index in [-0.39, 0.29) is 0 Å². The van der Waals surface area contributed by atoms with Crippen molar-refractivity contribution in [3.8, 4) is 0 Å². The molecule has 1 N–H and O–H groups in total. The van der Waals surface area contributed by atoms with E-state index >= 15 is 0 Å². The predicted molar refractivity (Wildman–Crippen MR) is 55.7 cm³/mol. The maximum atomic E-state index is 4.35. The Kier molecular flexibility index (Phi) is 3.52. The average Bonchev–Trinajstić information content (AvgIpc) is 2.33. The molecule has 1 heterocycles. The highest BCUT2D eigenvalue weighted by molar-refractivity contribution is 5.02. The smallest absolute Gasteiger partial charge is 0.106 e. The van der Waals surface area contributed by atoms with E-state index in [0.29, 0.717) is 11.8 Å². The molecule has 0 radical (unpaired) electrons. The molecular formula is C11H20N2. The van der Waals surface area contributed by atoms with Crippen molar-refractivity contribution in [1.29, 1.82) is 0 Å². The number of H-pyrrole nitrogens is 1. The van der Waals surface area contributed by atoms with Crippen LogP contribution in [0.4, 0.5) is 0 Å². The molecule has 1 aromatic rings. The maximum Gasteiger partial charge on any atom is 0.106 e. The van der Waals surface area contributed by atoms with E-state index in [1.165, 1.54) is 5.69 Å². The second-order valence-electron chi connectivity index (χ2n) is 4.55. The van der Waals surface area contributed by atoms with Crippen LogP contribution in [-0.4, -0.2) is 9.97 Å². The molecule has 0 fully saturated rings. The Balaban J connectivity index is 2.53. The fraction of sp³-hybridized carbons (Fsp3) is 0.727. The summed E-state index contributed by atoms with van der Waals surface area (Å²) in [5, 5.41) is 0. The molecule has 0 atom stereocenters. The zero-order chi connectivity index (χ0) is 9.84. The molecule has 0 unspecified atom stereocenters. The maximum absolute atomic E-state index is 4.35. The predicted octanol–water partition coefficient (Wildman–Crippen LogP) is 2.81. The Hall–Kier alpha value is -0.790. The first kappa shape index (κ1) is 10.3. The lowest BCUT2D eigenvalue weighted by Gasteiger charge is -2.01. The number of nitrogens with one attached hydrogen (secondary N) is 1. The van der Waals surface area contributed by atoms with Crippen LogP contribution < -0.4 is 0 Å². The molecular weight excluding hydrogens is 160 g/mol. The highest BCUT2D eigenvalue weighted by Crippen LogP contribution is 2.08. The van der Waals surface area contributed by atoms with Crippen molar-refractivity contribution in [2.24, 2.45) is 11.8 Å². The summed E-state index contributed by atoms with van der Waals surface area (Å²) >= 11 is 0. The van der Waals surface area contributed by atoms with Gasteiger partial charge >= 0.3 is 0 Å². The second-order valence-corrected chi connectivity index (χ2v) is 4.55. The van der Waals surface area contributed by atoms with Gasteiger partial charge in [-0.2, -0.15) is 0 Å². The molecule has 1 aromatic heterocycles.